The average molecular weight is 373 g/mol. The first-order valence-corrected chi connectivity index (χ1v) is 7.92. The van der Waals surface area contributed by atoms with E-state index in [1.807, 2.05) is 0 Å². The SMILES string of the molecule is [CH2]CC(COc1cnc(Cl)c(Cl)c1)NC(=O)c1cccc(Cl)c1. The van der Waals surface area contributed by atoms with Gasteiger partial charge >= 0.3 is 0 Å². The summed E-state index contributed by atoms with van der Waals surface area (Å²) in [5, 5.41) is 3.86. The van der Waals surface area contributed by atoms with Gasteiger partial charge in [0, 0.05) is 16.7 Å². The van der Waals surface area contributed by atoms with Gasteiger partial charge in [0.05, 0.1) is 17.3 Å². The van der Waals surface area contributed by atoms with E-state index in [1.165, 1.54) is 6.20 Å². The Kier molecular flexibility index (Phi) is 6.51. The van der Waals surface area contributed by atoms with E-state index >= 15 is 0 Å². The molecule has 0 fully saturated rings. The molecule has 7 heteroatoms. The molecule has 0 bridgehead atoms. The van der Waals surface area contributed by atoms with Crippen molar-refractivity contribution in [2.24, 2.45) is 0 Å². The standard InChI is InChI=1S/C16H14Cl3N2O2/c1-2-12(9-23-13-7-14(18)15(19)20-8-13)21-16(22)10-4-3-5-11(17)6-10/h3-8,12H,1-2,9H2,(H,21,22). The van der Waals surface area contributed by atoms with E-state index < -0.39 is 0 Å². The Balaban J connectivity index is 1.94. The second kappa shape index (κ2) is 8.39. The molecular weight excluding hydrogens is 359 g/mol. The summed E-state index contributed by atoms with van der Waals surface area (Å²) in [6.45, 7) is 4.04. The predicted octanol–water partition coefficient (Wildman–Crippen LogP) is 4.44. The molecule has 2 aromatic rings. The minimum atomic E-state index is -0.268. The molecule has 1 aromatic carbocycles. The van der Waals surface area contributed by atoms with Gasteiger partial charge in [-0.1, -0.05) is 47.8 Å². The molecule has 23 heavy (non-hydrogen) atoms. The van der Waals surface area contributed by atoms with Gasteiger partial charge in [-0.3, -0.25) is 4.79 Å². The fourth-order valence-electron chi connectivity index (χ4n) is 1.78. The Hall–Kier alpha value is -1.49. The first-order chi connectivity index (χ1) is 11.0. The van der Waals surface area contributed by atoms with E-state index in [1.54, 1.807) is 30.3 Å². The molecule has 1 heterocycles. The summed E-state index contributed by atoms with van der Waals surface area (Å²) in [5.74, 6) is 0.229. The molecule has 1 atom stereocenters. The highest BCUT2D eigenvalue weighted by Gasteiger charge is 2.14. The number of pyridine rings is 1. The molecule has 0 aliphatic heterocycles. The first-order valence-electron chi connectivity index (χ1n) is 6.79. The van der Waals surface area contributed by atoms with Crippen LogP contribution in [0.25, 0.3) is 0 Å². The van der Waals surface area contributed by atoms with Crippen LogP contribution in [0.2, 0.25) is 15.2 Å². The van der Waals surface area contributed by atoms with Crippen LogP contribution in [0.4, 0.5) is 0 Å². The van der Waals surface area contributed by atoms with Crippen molar-refractivity contribution in [3.8, 4) is 5.75 Å². The summed E-state index contributed by atoms with van der Waals surface area (Å²) in [7, 11) is 0. The Morgan fingerprint density at radius 3 is 2.74 bits per heavy atom. The van der Waals surface area contributed by atoms with Crippen molar-refractivity contribution in [3.63, 3.8) is 0 Å². The molecule has 1 aromatic heterocycles. The number of hydrogen-bond donors (Lipinski definition) is 1. The maximum Gasteiger partial charge on any atom is 0.251 e. The fraction of sp³-hybridized carbons (Fsp3) is 0.188. The van der Waals surface area contributed by atoms with Crippen molar-refractivity contribution in [2.45, 2.75) is 12.5 Å². The number of halogens is 3. The van der Waals surface area contributed by atoms with Crippen molar-refractivity contribution in [1.82, 2.24) is 10.3 Å². The second-order valence-corrected chi connectivity index (χ2v) is 5.93. The van der Waals surface area contributed by atoms with E-state index in [0.717, 1.165) is 0 Å². The lowest BCUT2D eigenvalue weighted by Crippen LogP contribution is -2.38. The van der Waals surface area contributed by atoms with Gasteiger partial charge in [-0.2, -0.15) is 0 Å². The van der Waals surface area contributed by atoms with E-state index in [4.69, 9.17) is 39.5 Å². The maximum atomic E-state index is 12.2. The number of rotatable bonds is 6. The van der Waals surface area contributed by atoms with Crippen molar-refractivity contribution in [2.75, 3.05) is 6.61 Å². The van der Waals surface area contributed by atoms with Crippen LogP contribution in [-0.2, 0) is 0 Å². The third kappa shape index (κ3) is 5.27. The third-order valence-electron chi connectivity index (χ3n) is 2.99. The molecule has 4 nitrogen and oxygen atoms in total. The monoisotopic (exact) mass is 371 g/mol. The van der Waals surface area contributed by atoms with Crippen molar-refractivity contribution < 1.29 is 9.53 Å². The maximum absolute atomic E-state index is 12.2. The molecule has 1 radical (unpaired) electrons. The second-order valence-electron chi connectivity index (χ2n) is 4.72. The van der Waals surface area contributed by atoms with Crippen LogP contribution in [0.5, 0.6) is 5.75 Å². The van der Waals surface area contributed by atoms with Crippen LogP contribution in [0.1, 0.15) is 16.8 Å². The highest BCUT2D eigenvalue weighted by molar-refractivity contribution is 6.41. The van der Waals surface area contributed by atoms with Gasteiger partial charge in [-0.25, -0.2) is 4.98 Å². The lowest BCUT2D eigenvalue weighted by molar-refractivity contribution is 0.0922. The zero-order valence-electron chi connectivity index (χ0n) is 12.1. The molecule has 121 valence electrons. The van der Waals surface area contributed by atoms with Crippen LogP contribution in [0.3, 0.4) is 0 Å². The fourth-order valence-corrected chi connectivity index (χ4v) is 2.23. The van der Waals surface area contributed by atoms with Crippen LogP contribution in [0, 0.1) is 6.92 Å². The third-order valence-corrected chi connectivity index (χ3v) is 3.91. The first kappa shape index (κ1) is 17.9. The molecule has 0 saturated carbocycles. The summed E-state index contributed by atoms with van der Waals surface area (Å²) in [6.07, 6.45) is 1.92. The molecule has 0 saturated heterocycles. The summed E-state index contributed by atoms with van der Waals surface area (Å²) < 4.78 is 5.57. The topological polar surface area (TPSA) is 51.2 Å². The molecule has 2 rings (SSSR count). The largest absolute Gasteiger partial charge is 0.490 e. The Morgan fingerprint density at radius 2 is 2.09 bits per heavy atom. The average Bonchev–Trinajstić information content (AvgIpc) is 2.54. The zero-order chi connectivity index (χ0) is 16.8. The highest BCUT2D eigenvalue weighted by Crippen LogP contribution is 2.23. The van der Waals surface area contributed by atoms with Gasteiger partial charge in [-0.05, 0) is 24.6 Å². The summed E-state index contributed by atoms with van der Waals surface area (Å²) in [5.41, 5.74) is 0.479. The molecule has 1 unspecified atom stereocenters. The molecule has 0 aliphatic rings. The number of carbonyl (C=O) groups is 1. The van der Waals surface area contributed by atoms with E-state index in [-0.39, 0.29) is 23.7 Å². The molecule has 1 amide bonds. The predicted molar refractivity (Wildman–Crippen MR) is 92.4 cm³/mol. The van der Waals surface area contributed by atoms with E-state index in [0.29, 0.717) is 27.8 Å². The summed E-state index contributed by atoms with van der Waals surface area (Å²) in [4.78, 5) is 16.1. The quantitative estimate of drug-likeness (QED) is 0.763. The minimum absolute atomic E-state index is 0.210. The number of amides is 1. The summed E-state index contributed by atoms with van der Waals surface area (Å²) >= 11 is 17.5. The Bertz CT molecular complexity index is 695. The Labute approximate surface area is 149 Å². The van der Waals surface area contributed by atoms with Crippen molar-refractivity contribution >= 4 is 40.7 Å². The van der Waals surface area contributed by atoms with Gasteiger partial charge in [-0.15, -0.1) is 0 Å². The van der Waals surface area contributed by atoms with Gasteiger partial charge in [0.25, 0.3) is 5.91 Å². The zero-order valence-corrected chi connectivity index (χ0v) is 14.3. The van der Waals surface area contributed by atoms with Crippen molar-refractivity contribution in [3.05, 3.63) is 64.2 Å². The smallest absolute Gasteiger partial charge is 0.251 e. The van der Waals surface area contributed by atoms with Crippen LogP contribution in [-0.4, -0.2) is 23.5 Å². The lowest BCUT2D eigenvalue weighted by atomic mass is 10.2. The minimum Gasteiger partial charge on any atom is -0.490 e. The number of hydrogen-bond acceptors (Lipinski definition) is 3. The van der Waals surface area contributed by atoms with Crippen LogP contribution in [0.15, 0.2) is 36.5 Å². The van der Waals surface area contributed by atoms with Crippen LogP contribution >= 0.6 is 34.8 Å². The van der Waals surface area contributed by atoms with Gasteiger partial charge in [0.15, 0.2) is 0 Å². The Morgan fingerprint density at radius 1 is 1.30 bits per heavy atom. The lowest BCUT2D eigenvalue weighted by Gasteiger charge is -2.18. The molecule has 1 N–H and O–H groups in total. The molecule has 0 spiro atoms. The van der Waals surface area contributed by atoms with Crippen LogP contribution < -0.4 is 10.1 Å². The highest BCUT2D eigenvalue weighted by atomic mass is 35.5. The van der Waals surface area contributed by atoms with E-state index in [2.05, 4.69) is 17.2 Å². The number of benzene rings is 1. The van der Waals surface area contributed by atoms with Gasteiger partial charge in [0.2, 0.25) is 0 Å². The number of aromatic nitrogens is 1. The number of ether oxygens (including phenoxy) is 1. The molecule has 0 aliphatic carbocycles. The molecular formula is C16H14Cl3N2O2. The van der Waals surface area contributed by atoms with E-state index in [9.17, 15) is 4.79 Å². The van der Waals surface area contributed by atoms with Gasteiger partial charge < -0.3 is 10.1 Å². The number of carbonyl (C=O) groups excluding carboxylic acids is 1. The normalized spacial score (nSPS) is 11.8. The number of nitrogens with zero attached hydrogens (tertiary/aromatic N) is 1. The van der Waals surface area contributed by atoms with Gasteiger partial charge in [0.1, 0.15) is 17.5 Å². The summed E-state index contributed by atoms with van der Waals surface area (Å²) in [6, 6.07) is 8.00. The number of nitrogens with one attached hydrogen (secondary N) is 1. The van der Waals surface area contributed by atoms with Crippen molar-refractivity contribution in [1.29, 1.82) is 0 Å².